The van der Waals surface area contributed by atoms with Crippen LogP contribution in [-0.2, 0) is 24.8 Å². The Hall–Kier alpha value is -2.41. The van der Waals surface area contributed by atoms with Gasteiger partial charge in [0.1, 0.15) is 5.52 Å². The monoisotopic (exact) mass is 395 g/mol. The summed E-state index contributed by atoms with van der Waals surface area (Å²) in [5.74, 6) is 1.78. The lowest BCUT2D eigenvalue weighted by molar-refractivity contribution is -0.133. The largest absolute Gasteiger partial charge is 0.342 e. The molecule has 2 aliphatic heterocycles. The molecule has 0 saturated carbocycles. The van der Waals surface area contributed by atoms with Crippen LogP contribution in [0.2, 0.25) is 0 Å². The van der Waals surface area contributed by atoms with Crippen LogP contribution in [0.4, 0.5) is 5.95 Å². The summed E-state index contributed by atoms with van der Waals surface area (Å²) < 4.78 is 2.08. The van der Waals surface area contributed by atoms with Crippen molar-refractivity contribution >= 4 is 34.4 Å². The van der Waals surface area contributed by atoms with Gasteiger partial charge in [-0.25, -0.2) is 9.97 Å². The molecule has 5 rings (SSSR count). The van der Waals surface area contributed by atoms with Crippen molar-refractivity contribution in [1.82, 2.24) is 19.4 Å². The number of hydrogen-bond acceptors (Lipinski definition) is 5. The standard InChI is InChI=1S/C21H25N5OS/c1-24-20-17(3-2-8-22-20)23-21(24)25-9-4-15(5-10-25)13-19(27)26-11-6-18-16(14-26)7-12-28-18/h2-3,7-8,12,15H,4-6,9-11,13-14H2,1H3. The first-order valence-electron chi connectivity index (χ1n) is 10.0. The number of carbonyl (C=O) groups excluding carboxylic acids is 1. The molecule has 0 radical (unpaired) electrons. The topological polar surface area (TPSA) is 54.3 Å². The summed E-state index contributed by atoms with van der Waals surface area (Å²) in [6.45, 7) is 3.56. The quantitative estimate of drug-likeness (QED) is 0.683. The van der Waals surface area contributed by atoms with Gasteiger partial charge in [0.25, 0.3) is 0 Å². The first-order valence-corrected chi connectivity index (χ1v) is 10.9. The molecular weight excluding hydrogens is 370 g/mol. The predicted molar refractivity (Wildman–Crippen MR) is 112 cm³/mol. The van der Waals surface area contributed by atoms with E-state index in [4.69, 9.17) is 4.98 Å². The number of carbonyl (C=O) groups is 1. The SMILES string of the molecule is Cn1c(N2CCC(CC(=O)N3CCc4sccc4C3)CC2)nc2cccnc21. The van der Waals surface area contributed by atoms with Crippen LogP contribution < -0.4 is 4.90 Å². The molecule has 2 aliphatic rings. The number of hydrogen-bond donors (Lipinski definition) is 0. The number of pyridine rings is 1. The van der Waals surface area contributed by atoms with Gasteiger partial charge in [-0.2, -0.15) is 0 Å². The van der Waals surface area contributed by atoms with E-state index in [1.807, 2.05) is 36.7 Å². The molecule has 1 amide bonds. The van der Waals surface area contributed by atoms with E-state index in [1.54, 1.807) is 0 Å². The molecule has 0 bridgehead atoms. The molecule has 0 atom stereocenters. The maximum atomic E-state index is 12.8. The maximum Gasteiger partial charge on any atom is 0.223 e. The van der Waals surface area contributed by atoms with Gasteiger partial charge in [-0.3, -0.25) is 9.36 Å². The van der Waals surface area contributed by atoms with Gasteiger partial charge in [-0.15, -0.1) is 11.3 Å². The van der Waals surface area contributed by atoms with Crippen molar-refractivity contribution in [1.29, 1.82) is 0 Å². The van der Waals surface area contributed by atoms with Crippen LogP contribution in [0.1, 0.15) is 29.7 Å². The highest BCUT2D eigenvalue weighted by molar-refractivity contribution is 7.10. The number of amides is 1. The van der Waals surface area contributed by atoms with Gasteiger partial charge in [0.15, 0.2) is 5.65 Å². The summed E-state index contributed by atoms with van der Waals surface area (Å²) in [7, 11) is 2.03. The molecule has 6 nitrogen and oxygen atoms in total. The van der Waals surface area contributed by atoms with Crippen molar-refractivity contribution in [3.8, 4) is 0 Å². The second-order valence-corrected chi connectivity index (χ2v) is 8.89. The number of imidazole rings is 1. The molecule has 0 aromatic carbocycles. The number of nitrogens with zero attached hydrogens (tertiary/aromatic N) is 5. The number of piperidine rings is 1. The van der Waals surface area contributed by atoms with Gasteiger partial charge in [-0.1, -0.05) is 0 Å². The lowest BCUT2D eigenvalue weighted by Gasteiger charge is -2.34. The molecule has 5 heterocycles. The maximum absolute atomic E-state index is 12.8. The van der Waals surface area contributed by atoms with Crippen LogP contribution in [0.25, 0.3) is 11.2 Å². The highest BCUT2D eigenvalue weighted by Gasteiger charge is 2.27. The molecule has 0 N–H and O–H groups in total. The molecule has 0 spiro atoms. The lowest BCUT2D eigenvalue weighted by atomic mass is 9.92. The van der Waals surface area contributed by atoms with Gasteiger partial charge in [-0.05, 0) is 54.3 Å². The van der Waals surface area contributed by atoms with Crippen molar-refractivity contribution in [3.63, 3.8) is 0 Å². The number of fused-ring (bicyclic) bond motifs is 2. The number of thiophene rings is 1. The minimum absolute atomic E-state index is 0.322. The summed E-state index contributed by atoms with van der Waals surface area (Å²) in [4.78, 5) is 27.9. The molecule has 3 aromatic rings. The van der Waals surface area contributed by atoms with E-state index in [2.05, 4.69) is 30.8 Å². The van der Waals surface area contributed by atoms with Gasteiger partial charge in [0, 0.05) is 50.7 Å². The van der Waals surface area contributed by atoms with Gasteiger partial charge < -0.3 is 9.80 Å². The third kappa shape index (κ3) is 3.17. The van der Waals surface area contributed by atoms with E-state index in [-0.39, 0.29) is 0 Å². The summed E-state index contributed by atoms with van der Waals surface area (Å²) in [5.41, 5.74) is 3.21. The first-order chi connectivity index (χ1) is 13.7. The molecule has 1 saturated heterocycles. The first kappa shape index (κ1) is 17.7. The van der Waals surface area contributed by atoms with Gasteiger partial charge in [0.2, 0.25) is 11.9 Å². The zero-order chi connectivity index (χ0) is 19.1. The fraction of sp³-hybridized carbons (Fsp3) is 0.476. The summed E-state index contributed by atoms with van der Waals surface area (Å²) in [6.07, 6.45) is 5.58. The van der Waals surface area contributed by atoms with Crippen molar-refractivity contribution in [2.24, 2.45) is 13.0 Å². The predicted octanol–water partition coefficient (Wildman–Crippen LogP) is 3.22. The average Bonchev–Trinajstić information content (AvgIpc) is 3.33. The molecule has 3 aromatic heterocycles. The summed E-state index contributed by atoms with van der Waals surface area (Å²) in [6, 6.07) is 6.11. The molecule has 0 unspecified atom stereocenters. The minimum atomic E-state index is 0.322. The highest BCUT2D eigenvalue weighted by Crippen LogP contribution is 2.29. The second-order valence-electron chi connectivity index (χ2n) is 7.89. The summed E-state index contributed by atoms with van der Waals surface area (Å²) >= 11 is 1.82. The molecule has 1 fully saturated rings. The van der Waals surface area contributed by atoms with Crippen LogP contribution in [0, 0.1) is 5.92 Å². The average molecular weight is 396 g/mol. The normalized spacial score (nSPS) is 17.9. The summed E-state index contributed by atoms with van der Waals surface area (Å²) in [5, 5.41) is 2.14. The fourth-order valence-electron chi connectivity index (χ4n) is 4.47. The Bertz CT molecular complexity index is 1000. The van der Waals surface area contributed by atoms with Crippen molar-refractivity contribution in [2.75, 3.05) is 24.5 Å². The van der Waals surface area contributed by atoms with E-state index < -0.39 is 0 Å². The highest BCUT2D eigenvalue weighted by atomic mass is 32.1. The Morgan fingerprint density at radius 1 is 1.25 bits per heavy atom. The van der Waals surface area contributed by atoms with Gasteiger partial charge >= 0.3 is 0 Å². The zero-order valence-electron chi connectivity index (χ0n) is 16.2. The molecule has 7 heteroatoms. The molecular formula is C21H25N5OS. The third-order valence-corrected chi connectivity index (χ3v) is 7.15. The van der Waals surface area contributed by atoms with Crippen molar-refractivity contribution in [2.45, 2.75) is 32.2 Å². The Labute approximate surface area is 168 Å². The Morgan fingerprint density at radius 3 is 2.93 bits per heavy atom. The van der Waals surface area contributed by atoms with Crippen LogP contribution in [-0.4, -0.2) is 45.0 Å². The fourth-order valence-corrected chi connectivity index (χ4v) is 5.36. The van der Waals surface area contributed by atoms with E-state index in [9.17, 15) is 4.79 Å². The van der Waals surface area contributed by atoms with Crippen molar-refractivity contribution in [3.05, 3.63) is 40.2 Å². The van der Waals surface area contributed by atoms with Crippen LogP contribution >= 0.6 is 11.3 Å². The Morgan fingerprint density at radius 2 is 2.11 bits per heavy atom. The number of aryl methyl sites for hydroxylation is 1. The zero-order valence-corrected chi connectivity index (χ0v) is 17.0. The van der Waals surface area contributed by atoms with Crippen LogP contribution in [0.5, 0.6) is 0 Å². The number of rotatable bonds is 3. The Kier molecular flexibility index (Phi) is 4.55. The Balaban J connectivity index is 1.19. The van der Waals surface area contributed by atoms with E-state index >= 15 is 0 Å². The third-order valence-electron chi connectivity index (χ3n) is 6.13. The van der Waals surface area contributed by atoms with Gasteiger partial charge in [0.05, 0.1) is 0 Å². The molecule has 28 heavy (non-hydrogen) atoms. The molecule has 146 valence electrons. The van der Waals surface area contributed by atoms with E-state index in [0.29, 0.717) is 18.2 Å². The van der Waals surface area contributed by atoms with E-state index in [0.717, 1.165) is 62.6 Å². The van der Waals surface area contributed by atoms with Crippen LogP contribution in [0.3, 0.4) is 0 Å². The number of anilines is 1. The minimum Gasteiger partial charge on any atom is -0.342 e. The number of aromatic nitrogens is 3. The van der Waals surface area contributed by atoms with E-state index in [1.165, 1.54) is 10.4 Å². The van der Waals surface area contributed by atoms with Crippen LogP contribution in [0.15, 0.2) is 29.8 Å². The molecule has 0 aliphatic carbocycles. The smallest absolute Gasteiger partial charge is 0.223 e. The lowest BCUT2D eigenvalue weighted by Crippen LogP contribution is -2.39. The van der Waals surface area contributed by atoms with Crippen molar-refractivity contribution < 1.29 is 4.79 Å². The second kappa shape index (κ2) is 7.20.